The second-order valence-corrected chi connectivity index (χ2v) is 5.25. The van der Waals surface area contributed by atoms with Gasteiger partial charge in [-0.1, -0.05) is 6.42 Å². The van der Waals surface area contributed by atoms with Gasteiger partial charge in [-0.15, -0.1) is 11.3 Å². The lowest BCUT2D eigenvalue weighted by Gasteiger charge is -2.23. The second-order valence-electron chi connectivity index (χ2n) is 4.32. The molecule has 0 aliphatic carbocycles. The van der Waals surface area contributed by atoms with E-state index in [9.17, 15) is 0 Å². The summed E-state index contributed by atoms with van der Waals surface area (Å²) in [4.78, 5) is 4.26. The molecule has 0 unspecified atom stereocenters. The highest BCUT2D eigenvalue weighted by atomic mass is 32.1. The lowest BCUT2D eigenvalue weighted by molar-refractivity contribution is 0.0571. The Labute approximate surface area is 101 Å². The molecule has 16 heavy (non-hydrogen) atoms. The van der Waals surface area contributed by atoms with Crippen LogP contribution in [0.25, 0.3) is 0 Å². The number of hydrogen-bond donors (Lipinski definition) is 1. The number of ether oxygens (including phenoxy) is 1. The molecule has 2 rings (SSSR count). The van der Waals surface area contributed by atoms with E-state index in [2.05, 4.69) is 17.2 Å². The number of aromatic nitrogens is 1. The van der Waals surface area contributed by atoms with Crippen molar-refractivity contribution in [3.8, 4) is 0 Å². The predicted octanol–water partition coefficient (Wildman–Crippen LogP) is 2.75. The van der Waals surface area contributed by atoms with Crippen LogP contribution in [-0.2, 0) is 4.74 Å². The van der Waals surface area contributed by atoms with Crippen LogP contribution in [0.4, 0.5) is 0 Å². The van der Waals surface area contributed by atoms with Gasteiger partial charge in [0, 0.05) is 24.2 Å². The highest BCUT2D eigenvalue weighted by Crippen LogP contribution is 2.19. The molecule has 1 aromatic heterocycles. The van der Waals surface area contributed by atoms with Crippen LogP contribution in [0.1, 0.15) is 43.7 Å². The molecule has 4 heteroatoms. The van der Waals surface area contributed by atoms with E-state index in [1.165, 1.54) is 25.8 Å². The zero-order valence-corrected chi connectivity index (χ0v) is 10.6. The number of thiazole rings is 1. The summed E-state index contributed by atoms with van der Waals surface area (Å²) < 4.78 is 5.80. The molecule has 0 aromatic carbocycles. The first-order chi connectivity index (χ1) is 7.86. The molecule has 90 valence electrons. The summed E-state index contributed by atoms with van der Waals surface area (Å²) in [6, 6.07) is 0.664. The van der Waals surface area contributed by atoms with Gasteiger partial charge in [-0.3, -0.25) is 0 Å². The van der Waals surface area contributed by atoms with Crippen LogP contribution in [0.2, 0.25) is 0 Å². The van der Waals surface area contributed by atoms with Crippen molar-refractivity contribution in [1.82, 2.24) is 10.3 Å². The summed E-state index contributed by atoms with van der Waals surface area (Å²) in [6.45, 7) is 4.08. The smallest absolute Gasteiger partial charge is 0.121 e. The highest BCUT2D eigenvalue weighted by Gasteiger charge is 2.13. The van der Waals surface area contributed by atoms with Gasteiger partial charge < -0.3 is 10.1 Å². The molecule has 3 nitrogen and oxygen atoms in total. The van der Waals surface area contributed by atoms with Crippen LogP contribution in [0.15, 0.2) is 11.6 Å². The maximum Gasteiger partial charge on any atom is 0.121 e. The lowest BCUT2D eigenvalue weighted by Crippen LogP contribution is -2.34. The number of nitrogens with one attached hydrogen (secondary N) is 1. The normalized spacial score (nSPS) is 23.2. The summed E-state index contributed by atoms with van der Waals surface area (Å²) in [6.07, 6.45) is 7.09. The first-order valence-corrected chi connectivity index (χ1v) is 6.98. The van der Waals surface area contributed by atoms with Gasteiger partial charge in [0.05, 0.1) is 0 Å². The molecule has 1 aliphatic heterocycles. The SMILES string of the molecule is C[C@H](OCC[C@H]1CCCCN1)c1nccs1. The Bertz CT molecular complexity index is 283. The first-order valence-electron chi connectivity index (χ1n) is 6.10. The van der Waals surface area contributed by atoms with Gasteiger partial charge in [0.25, 0.3) is 0 Å². The van der Waals surface area contributed by atoms with Crippen molar-refractivity contribution in [2.75, 3.05) is 13.2 Å². The van der Waals surface area contributed by atoms with Crippen LogP contribution < -0.4 is 5.32 Å². The topological polar surface area (TPSA) is 34.1 Å². The van der Waals surface area contributed by atoms with Gasteiger partial charge in [0.1, 0.15) is 11.1 Å². The van der Waals surface area contributed by atoms with E-state index in [1.54, 1.807) is 11.3 Å². The molecule has 0 amide bonds. The minimum absolute atomic E-state index is 0.142. The van der Waals surface area contributed by atoms with Crippen molar-refractivity contribution in [1.29, 1.82) is 0 Å². The molecule has 1 aliphatic rings. The molecular weight excluding hydrogens is 220 g/mol. The lowest BCUT2D eigenvalue weighted by atomic mass is 10.0. The molecule has 0 radical (unpaired) electrons. The predicted molar refractivity (Wildman–Crippen MR) is 66.7 cm³/mol. The molecule has 1 N–H and O–H groups in total. The Hall–Kier alpha value is -0.450. The fourth-order valence-corrected chi connectivity index (χ4v) is 2.71. The Kier molecular flexibility index (Phi) is 4.75. The third-order valence-corrected chi connectivity index (χ3v) is 3.98. The Balaban J connectivity index is 1.63. The van der Waals surface area contributed by atoms with Crippen molar-refractivity contribution in [3.05, 3.63) is 16.6 Å². The molecule has 1 fully saturated rings. The van der Waals surface area contributed by atoms with E-state index in [0.29, 0.717) is 6.04 Å². The number of hydrogen-bond acceptors (Lipinski definition) is 4. The maximum absolute atomic E-state index is 5.80. The molecule has 0 spiro atoms. The molecule has 0 saturated carbocycles. The molecule has 1 saturated heterocycles. The third-order valence-electron chi connectivity index (χ3n) is 3.05. The highest BCUT2D eigenvalue weighted by molar-refractivity contribution is 7.09. The summed E-state index contributed by atoms with van der Waals surface area (Å²) in [5.74, 6) is 0. The molecule has 2 atom stereocenters. The summed E-state index contributed by atoms with van der Waals surface area (Å²) in [7, 11) is 0. The zero-order chi connectivity index (χ0) is 11.2. The van der Waals surface area contributed by atoms with Crippen LogP contribution in [-0.4, -0.2) is 24.2 Å². The molecule has 1 aromatic rings. The third kappa shape index (κ3) is 3.54. The molecule has 2 heterocycles. The van der Waals surface area contributed by atoms with Gasteiger partial charge >= 0.3 is 0 Å². The van der Waals surface area contributed by atoms with Gasteiger partial charge in [-0.05, 0) is 32.7 Å². The second kappa shape index (κ2) is 6.33. The average Bonchev–Trinajstić information content (AvgIpc) is 2.84. The number of piperidine rings is 1. The monoisotopic (exact) mass is 240 g/mol. The Morgan fingerprint density at radius 1 is 1.62 bits per heavy atom. The van der Waals surface area contributed by atoms with Crippen molar-refractivity contribution >= 4 is 11.3 Å². The van der Waals surface area contributed by atoms with Crippen molar-refractivity contribution in [3.63, 3.8) is 0 Å². The van der Waals surface area contributed by atoms with Crippen LogP contribution in [0.3, 0.4) is 0 Å². The maximum atomic E-state index is 5.80. The average molecular weight is 240 g/mol. The molecular formula is C12H20N2OS. The summed E-state index contributed by atoms with van der Waals surface area (Å²) in [5.41, 5.74) is 0. The van der Waals surface area contributed by atoms with Gasteiger partial charge in [-0.2, -0.15) is 0 Å². The Morgan fingerprint density at radius 3 is 3.25 bits per heavy atom. The summed E-state index contributed by atoms with van der Waals surface area (Å²) in [5, 5.41) is 6.61. The Morgan fingerprint density at radius 2 is 2.56 bits per heavy atom. The fourth-order valence-electron chi connectivity index (χ4n) is 2.06. The quantitative estimate of drug-likeness (QED) is 0.859. The van der Waals surface area contributed by atoms with Gasteiger partial charge in [0.2, 0.25) is 0 Å². The van der Waals surface area contributed by atoms with E-state index in [4.69, 9.17) is 4.74 Å². The van der Waals surface area contributed by atoms with E-state index in [0.717, 1.165) is 18.0 Å². The zero-order valence-electron chi connectivity index (χ0n) is 9.82. The number of rotatable bonds is 5. The fraction of sp³-hybridized carbons (Fsp3) is 0.750. The molecule has 0 bridgehead atoms. The van der Waals surface area contributed by atoms with Crippen molar-refractivity contribution < 1.29 is 4.74 Å². The minimum atomic E-state index is 0.142. The minimum Gasteiger partial charge on any atom is -0.371 e. The largest absolute Gasteiger partial charge is 0.371 e. The number of nitrogens with zero attached hydrogens (tertiary/aromatic N) is 1. The van der Waals surface area contributed by atoms with Gasteiger partial charge in [-0.25, -0.2) is 4.98 Å². The summed E-state index contributed by atoms with van der Waals surface area (Å²) >= 11 is 1.67. The van der Waals surface area contributed by atoms with Crippen molar-refractivity contribution in [2.24, 2.45) is 0 Å². The first kappa shape index (κ1) is 12.0. The van der Waals surface area contributed by atoms with E-state index < -0.39 is 0 Å². The van der Waals surface area contributed by atoms with Crippen LogP contribution >= 0.6 is 11.3 Å². The van der Waals surface area contributed by atoms with Crippen molar-refractivity contribution in [2.45, 2.75) is 44.8 Å². The van der Waals surface area contributed by atoms with Gasteiger partial charge in [0.15, 0.2) is 0 Å². The van der Waals surface area contributed by atoms with Crippen LogP contribution in [0, 0.1) is 0 Å². The van der Waals surface area contributed by atoms with E-state index in [1.807, 2.05) is 11.6 Å². The van der Waals surface area contributed by atoms with E-state index in [-0.39, 0.29) is 6.10 Å². The van der Waals surface area contributed by atoms with E-state index >= 15 is 0 Å². The van der Waals surface area contributed by atoms with Crippen LogP contribution in [0.5, 0.6) is 0 Å². The standard InChI is InChI=1S/C12H20N2OS/c1-10(12-14-7-9-16-12)15-8-5-11-4-2-3-6-13-11/h7,9-11,13H,2-6,8H2,1H3/t10-,11+/m0/s1.